The van der Waals surface area contributed by atoms with E-state index in [1.807, 2.05) is 30.3 Å². The lowest BCUT2D eigenvalue weighted by Crippen LogP contribution is -2.28. The van der Waals surface area contributed by atoms with Crippen molar-refractivity contribution in [3.05, 3.63) is 35.9 Å². The monoisotopic (exact) mass is 260 g/mol. The molecule has 0 fully saturated rings. The highest BCUT2D eigenvalue weighted by molar-refractivity contribution is 5.75. The zero-order valence-corrected chi connectivity index (χ0v) is 10.1. The maximum absolute atomic E-state index is 11.7. The molecule has 0 radical (unpaired) electrons. The van der Waals surface area contributed by atoms with Crippen molar-refractivity contribution < 1.29 is 19.0 Å². The first-order chi connectivity index (χ1) is 9.27. The fourth-order valence-corrected chi connectivity index (χ4v) is 1.39. The summed E-state index contributed by atoms with van der Waals surface area (Å²) in [5.41, 5.74) is 0.855. The number of carbonyl (C=O) groups is 1. The van der Waals surface area contributed by atoms with Gasteiger partial charge in [0.2, 0.25) is 6.10 Å². The topological polar surface area (TPSA) is 92.3 Å². The first-order valence-corrected chi connectivity index (χ1v) is 5.54. The van der Waals surface area contributed by atoms with E-state index in [1.165, 1.54) is 12.5 Å². The summed E-state index contributed by atoms with van der Waals surface area (Å²) in [6.45, 7) is -0.0840. The van der Waals surface area contributed by atoms with Crippen molar-refractivity contribution in [2.45, 2.75) is 12.5 Å². The molecule has 0 aliphatic rings. The number of carbonyl (C=O) groups excluding carboxylic acids is 1. The van der Waals surface area contributed by atoms with Gasteiger partial charge in [0, 0.05) is 6.42 Å². The van der Waals surface area contributed by atoms with Gasteiger partial charge in [0.05, 0.1) is 0 Å². The van der Waals surface area contributed by atoms with E-state index in [2.05, 4.69) is 9.47 Å². The molecule has 1 aromatic rings. The Hall–Kier alpha value is -2.73. The van der Waals surface area contributed by atoms with Gasteiger partial charge in [-0.2, -0.15) is 10.5 Å². The third-order valence-corrected chi connectivity index (χ3v) is 2.22. The van der Waals surface area contributed by atoms with Crippen molar-refractivity contribution in [2.24, 2.45) is 0 Å². The molecule has 0 aromatic heterocycles. The summed E-state index contributed by atoms with van der Waals surface area (Å²) >= 11 is 0. The zero-order chi connectivity index (χ0) is 13.9. The van der Waals surface area contributed by atoms with E-state index in [1.54, 1.807) is 0 Å². The molecule has 0 saturated heterocycles. The number of rotatable bonds is 7. The molecule has 19 heavy (non-hydrogen) atoms. The van der Waals surface area contributed by atoms with Crippen LogP contribution in [0.1, 0.15) is 5.56 Å². The Kier molecular flexibility index (Phi) is 6.32. The summed E-state index contributed by atoms with van der Waals surface area (Å²) in [5.74, 6) is -0.660. The third kappa shape index (κ3) is 5.42. The average Bonchev–Trinajstić information content (AvgIpc) is 2.44. The first-order valence-electron chi connectivity index (χ1n) is 5.54. The van der Waals surface area contributed by atoms with E-state index in [9.17, 15) is 4.79 Å². The number of nitrogens with zero attached hydrogens (tertiary/aromatic N) is 2. The van der Waals surface area contributed by atoms with Gasteiger partial charge < -0.3 is 14.2 Å². The number of esters is 1. The lowest BCUT2D eigenvalue weighted by Gasteiger charge is -2.12. The molecule has 1 aromatic carbocycles. The number of hydrogen-bond acceptors (Lipinski definition) is 6. The largest absolute Gasteiger partial charge is 0.459 e. The van der Waals surface area contributed by atoms with Crippen molar-refractivity contribution in [1.82, 2.24) is 0 Å². The summed E-state index contributed by atoms with van der Waals surface area (Å²) in [5, 5.41) is 16.7. The van der Waals surface area contributed by atoms with Crippen LogP contribution in [0.2, 0.25) is 0 Å². The van der Waals surface area contributed by atoms with Gasteiger partial charge in [-0.1, -0.05) is 30.3 Å². The Morgan fingerprint density at radius 1 is 1.16 bits per heavy atom. The smallest absolute Gasteiger partial charge is 0.349 e. The fourth-order valence-electron chi connectivity index (χ4n) is 1.39. The molecule has 0 N–H and O–H groups in total. The van der Waals surface area contributed by atoms with Gasteiger partial charge in [-0.05, 0) is 5.56 Å². The number of nitriles is 2. The van der Waals surface area contributed by atoms with E-state index in [0.29, 0.717) is 0 Å². The van der Waals surface area contributed by atoms with E-state index < -0.39 is 12.1 Å². The molecular weight excluding hydrogens is 248 g/mol. The van der Waals surface area contributed by atoms with Crippen LogP contribution in [0.4, 0.5) is 0 Å². The quantitative estimate of drug-likeness (QED) is 0.414. The first kappa shape index (κ1) is 14.3. The SMILES string of the molecule is N#COCCOC(=O)C(Cc1ccccc1)OC#N. The van der Waals surface area contributed by atoms with E-state index in [-0.39, 0.29) is 19.6 Å². The number of ether oxygens (including phenoxy) is 3. The average molecular weight is 260 g/mol. The molecule has 0 amide bonds. The predicted molar refractivity (Wildman–Crippen MR) is 63.2 cm³/mol. The van der Waals surface area contributed by atoms with Gasteiger partial charge >= 0.3 is 5.97 Å². The highest BCUT2D eigenvalue weighted by Crippen LogP contribution is 2.07. The molecule has 0 spiro atoms. The Morgan fingerprint density at radius 3 is 2.53 bits per heavy atom. The molecule has 0 aliphatic heterocycles. The van der Waals surface area contributed by atoms with Gasteiger partial charge in [0.25, 0.3) is 12.5 Å². The second kappa shape index (κ2) is 8.37. The van der Waals surface area contributed by atoms with Crippen LogP contribution in [0.15, 0.2) is 30.3 Å². The molecule has 0 aliphatic carbocycles. The van der Waals surface area contributed by atoms with Crippen molar-refractivity contribution in [2.75, 3.05) is 13.2 Å². The Bertz CT molecular complexity index is 476. The number of hydrogen-bond donors (Lipinski definition) is 0. The normalized spacial score (nSPS) is 10.6. The third-order valence-electron chi connectivity index (χ3n) is 2.22. The Labute approximate surface area is 110 Å². The highest BCUT2D eigenvalue weighted by Gasteiger charge is 2.22. The molecule has 1 rings (SSSR count). The fraction of sp³-hybridized carbons (Fsp3) is 0.308. The summed E-state index contributed by atoms with van der Waals surface area (Å²) in [7, 11) is 0. The molecule has 1 unspecified atom stereocenters. The van der Waals surface area contributed by atoms with Crippen LogP contribution in [0.5, 0.6) is 0 Å². The van der Waals surface area contributed by atoms with Crippen LogP contribution in [0, 0.1) is 23.0 Å². The lowest BCUT2D eigenvalue weighted by molar-refractivity contribution is -0.154. The summed E-state index contributed by atoms with van der Waals surface area (Å²) in [4.78, 5) is 11.7. The highest BCUT2D eigenvalue weighted by atomic mass is 16.6. The summed E-state index contributed by atoms with van der Waals surface area (Å²) in [6.07, 6.45) is 2.20. The van der Waals surface area contributed by atoms with E-state index >= 15 is 0 Å². The molecule has 0 bridgehead atoms. The van der Waals surface area contributed by atoms with Gasteiger partial charge in [0.1, 0.15) is 13.2 Å². The Morgan fingerprint density at radius 2 is 1.89 bits per heavy atom. The van der Waals surface area contributed by atoms with Crippen molar-refractivity contribution >= 4 is 5.97 Å². The van der Waals surface area contributed by atoms with E-state index in [4.69, 9.17) is 15.3 Å². The van der Waals surface area contributed by atoms with Gasteiger partial charge in [-0.25, -0.2) is 4.79 Å². The van der Waals surface area contributed by atoms with Crippen molar-refractivity contribution in [3.8, 4) is 12.5 Å². The van der Waals surface area contributed by atoms with Crippen LogP contribution in [-0.4, -0.2) is 25.3 Å². The lowest BCUT2D eigenvalue weighted by atomic mass is 10.1. The maximum atomic E-state index is 11.7. The van der Waals surface area contributed by atoms with Crippen LogP contribution in [-0.2, 0) is 25.4 Å². The van der Waals surface area contributed by atoms with Crippen molar-refractivity contribution in [3.63, 3.8) is 0 Å². The van der Waals surface area contributed by atoms with E-state index in [0.717, 1.165) is 5.56 Å². The van der Waals surface area contributed by atoms with Crippen LogP contribution in [0.3, 0.4) is 0 Å². The van der Waals surface area contributed by atoms with Crippen molar-refractivity contribution in [1.29, 1.82) is 10.5 Å². The van der Waals surface area contributed by atoms with Crippen LogP contribution >= 0.6 is 0 Å². The minimum Gasteiger partial charge on any atom is -0.459 e. The Balaban J connectivity index is 2.50. The molecular formula is C13H12N2O4. The number of benzene rings is 1. The molecule has 98 valence electrons. The zero-order valence-electron chi connectivity index (χ0n) is 10.1. The van der Waals surface area contributed by atoms with Gasteiger partial charge in [-0.15, -0.1) is 0 Å². The van der Waals surface area contributed by atoms with Crippen LogP contribution < -0.4 is 0 Å². The second-order valence-electron chi connectivity index (χ2n) is 3.49. The molecule has 6 heteroatoms. The molecule has 6 nitrogen and oxygen atoms in total. The van der Waals surface area contributed by atoms with Gasteiger partial charge in [0.15, 0.2) is 0 Å². The van der Waals surface area contributed by atoms with Gasteiger partial charge in [-0.3, -0.25) is 0 Å². The molecule has 1 atom stereocenters. The summed E-state index contributed by atoms with van der Waals surface area (Å²) < 4.78 is 13.9. The minimum absolute atomic E-state index is 0.0210. The minimum atomic E-state index is -0.991. The standard InChI is InChI=1S/C13H12N2O4/c14-9-17-6-7-18-13(16)12(19-10-15)8-11-4-2-1-3-5-11/h1-5,12H,6-8H2. The maximum Gasteiger partial charge on any atom is 0.349 e. The van der Waals surface area contributed by atoms with Crippen LogP contribution in [0.25, 0.3) is 0 Å². The molecule has 0 saturated carbocycles. The molecule has 0 heterocycles. The predicted octanol–water partition coefficient (Wildman–Crippen LogP) is 1.14. The second-order valence-corrected chi connectivity index (χ2v) is 3.49. The summed E-state index contributed by atoms with van der Waals surface area (Å²) in [6, 6.07) is 9.14.